The van der Waals surface area contributed by atoms with E-state index in [9.17, 15) is 5.11 Å². The first-order valence-corrected chi connectivity index (χ1v) is 7.60. The minimum atomic E-state index is -0.828. The van der Waals surface area contributed by atoms with E-state index in [1.54, 1.807) is 0 Å². The molecule has 0 spiro atoms. The molecular weight excluding hydrogens is 266 g/mol. The second-order valence-corrected chi connectivity index (χ2v) is 7.31. The summed E-state index contributed by atoms with van der Waals surface area (Å²) in [6.07, 6.45) is 1.72. The zero-order valence-corrected chi connectivity index (χ0v) is 12.7. The van der Waals surface area contributed by atoms with E-state index >= 15 is 0 Å². The molecule has 0 radical (unpaired) electrons. The van der Waals surface area contributed by atoms with E-state index in [2.05, 4.69) is 24.2 Å². The lowest BCUT2D eigenvalue weighted by Crippen LogP contribution is -2.68. The number of aromatic nitrogens is 3. The Balaban J connectivity index is 1.64. The zero-order chi connectivity index (χ0) is 14.8. The van der Waals surface area contributed by atoms with Crippen LogP contribution in [0, 0.1) is 17.3 Å². The highest BCUT2D eigenvalue weighted by atomic mass is 16.7. The highest BCUT2D eigenvalue weighted by molar-refractivity contribution is 5.73. The average Bonchev–Trinajstić information content (AvgIpc) is 2.83. The summed E-state index contributed by atoms with van der Waals surface area (Å²) in [5.41, 5.74) is 1.02. The molecule has 5 nitrogen and oxygen atoms in total. The first kappa shape index (κ1) is 13.1. The Hall–Kier alpha value is -1.62. The summed E-state index contributed by atoms with van der Waals surface area (Å²) >= 11 is 0. The van der Waals surface area contributed by atoms with Gasteiger partial charge in [0.1, 0.15) is 16.6 Å². The standard InChI is InChI=1S/C16H21N3O2/c1-15(2)10-8-13(15)16(3,20)14(9-10)21-19-12-7-5-4-6-11(12)17-18-19/h4-7,10,13-14,20H,8-9H2,1-3H3/t10?,13?,14?,16-/m1/s1. The molecule has 1 aromatic heterocycles. The van der Waals surface area contributed by atoms with Crippen molar-refractivity contribution in [2.75, 3.05) is 0 Å². The third-order valence-corrected chi connectivity index (χ3v) is 5.88. The Kier molecular flexibility index (Phi) is 2.47. The fraction of sp³-hybridized carbons (Fsp3) is 0.625. The van der Waals surface area contributed by atoms with Crippen molar-refractivity contribution >= 4 is 11.0 Å². The topological polar surface area (TPSA) is 60.2 Å². The number of benzene rings is 1. The van der Waals surface area contributed by atoms with Crippen LogP contribution in [-0.2, 0) is 0 Å². The van der Waals surface area contributed by atoms with Crippen molar-refractivity contribution in [1.82, 2.24) is 15.2 Å². The lowest BCUT2D eigenvalue weighted by atomic mass is 9.43. The van der Waals surface area contributed by atoms with E-state index in [0.29, 0.717) is 5.92 Å². The zero-order valence-electron chi connectivity index (χ0n) is 12.7. The molecule has 3 aliphatic carbocycles. The molecule has 1 aromatic carbocycles. The molecule has 1 N–H and O–H groups in total. The lowest BCUT2D eigenvalue weighted by molar-refractivity contribution is -0.258. The molecule has 2 bridgehead atoms. The minimum absolute atomic E-state index is 0.202. The van der Waals surface area contributed by atoms with Gasteiger partial charge in [-0.1, -0.05) is 30.8 Å². The van der Waals surface area contributed by atoms with Crippen molar-refractivity contribution in [2.45, 2.75) is 45.3 Å². The number of hydrogen-bond acceptors (Lipinski definition) is 4. The largest absolute Gasteiger partial charge is 0.389 e. The van der Waals surface area contributed by atoms with Crippen LogP contribution in [0.3, 0.4) is 0 Å². The van der Waals surface area contributed by atoms with Crippen LogP contribution < -0.4 is 4.84 Å². The Bertz CT molecular complexity index is 692. The molecule has 5 rings (SSSR count). The molecule has 3 fully saturated rings. The van der Waals surface area contributed by atoms with Crippen LogP contribution in [0.1, 0.15) is 33.6 Å². The SMILES string of the molecule is CC1(C)C2CC(On3nnc4ccccc43)[C@](C)(O)C1C2. The smallest absolute Gasteiger partial charge is 0.156 e. The van der Waals surface area contributed by atoms with Crippen molar-refractivity contribution < 1.29 is 9.94 Å². The van der Waals surface area contributed by atoms with Crippen LogP contribution in [0.15, 0.2) is 24.3 Å². The number of nitrogens with zero attached hydrogens (tertiary/aromatic N) is 3. The molecule has 4 atom stereocenters. The summed E-state index contributed by atoms with van der Waals surface area (Å²) in [5, 5.41) is 19.1. The highest BCUT2D eigenvalue weighted by Gasteiger charge is 2.64. The van der Waals surface area contributed by atoms with Gasteiger partial charge >= 0.3 is 0 Å². The number of para-hydroxylation sites is 1. The summed E-state index contributed by atoms with van der Waals surface area (Å²) in [6.45, 7) is 6.40. The van der Waals surface area contributed by atoms with Crippen molar-refractivity contribution in [3.63, 3.8) is 0 Å². The second kappa shape index (κ2) is 3.97. The molecule has 3 aliphatic rings. The van der Waals surface area contributed by atoms with E-state index in [4.69, 9.17) is 4.84 Å². The predicted octanol–water partition coefficient (Wildman–Crippen LogP) is 2.05. The lowest BCUT2D eigenvalue weighted by Gasteiger charge is -2.64. The maximum atomic E-state index is 11.0. The van der Waals surface area contributed by atoms with Gasteiger partial charge in [0.25, 0.3) is 0 Å². The van der Waals surface area contributed by atoms with Gasteiger partial charge in [-0.15, -0.1) is 5.10 Å². The quantitative estimate of drug-likeness (QED) is 0.918. The van der Waals surface area contributed by atoms with Crippen LogP contribution in [0.2, 0.25) is 0 Å². The Morgan fingerprint density at radius 2 is 2.00 bits per heavy atom. The summed E-state index contributed by atoms with van der Waals surface area (Å²) in [7, 11) is 0. The van der Waals surface area contributed by atoms with Crippen LogP contribution in [0.5, 0.6) is 0 Å². The third-order valence-electron chi connectivity index (χ3n) is 5.88. The molecule has 0 amide bonds. The Morgan fingerprint density at radius 3 is 2.71 bits per heavy atom. The van der Waals surface area contributed by atoms with Crippen molar-refractivity contribution in [2.24, 2.45) is 17.3 Å². The average molecular weight is 287 g/mol. The maximum Gasteiger partial charge on any atom is 0.156 e. The summed E-state index contributed by atoms with van der Waals surface area (Å²) in [5.74, 6) is 0.894. The fourth-order valence-electron chi connectivity index (χ4n) is 4.32. The van der Waals surface area contributed by atoms with Gasteiger partial charge in [-0.2, -0.15) is 0 Å². The third kappa shape index (κ3) is 1.67. The van der Waals surface area contributed by atoms with Crippen LogP contribution in [0.25, 0.3) is 11.0 Å². The summed E-state index contributed by atoms with van der Waals surface area (Å²) in [4.78, 5) is 7.48. The molecule has 112 valence electrons. The second-order valence-electron chi connectivity index (χ2n) is 7.31. The van der Waals surface area contributed by atoms with Crippen molar-refractivity contribution in [3.8, 4) is 0 Å². The van der Waals surface area contributed by atoms with Gasteiger partial charge in [0.2, 0.25) is 0 Å². The number of rotatable bonds is 2. The number of fused-ring (bicyclic) bond motifs is 3. The highest BCUT2D eigenvalue weighted by Crippen LogP contribution is 2.62. The Morgan fingerprint density at radius 1 is 1.24 bits per heavy atom. The molecule has 0 aliphatic heterocycles. The van der Waals surface area contributed by atoms with Gasteiger partial charge in [-0.3, -0.25) is 0 Å². The van der Waals surface area contributed by atoms with E-state index in [1.165, 1.54) is 4.85 Å². The van der Waals surface area contributed by atoms with Crippen LogP contribution >= 0.6 is 0 Å². The number of aliphatic hydroxyl groups is 1. The van der Waals surface area contributed by atoms with Crippen molar-refractivity contribution in [1.29, 1.82) is 0 Å². The summed E-state index contributed by atoms with van der Waals surface area (Å²) < 4.78 is 0. The van der Waals surface area contributed by atoms with Gasteiger partial charge in [-0.25, -0.2) is 0 Å². The first-order chi connectivity index (χ1) is 9.90. The molecule has 3 saturated carbocycles. The van der Waals surface area contributed by atoms with E-state index in [-0.39, 0.29) is 17.4 Å². The fourth-order valence-corrected chi connectivity index (χ4v) is 4.32. The molecule has 5 heteroatoms. The van der Waals surface area contributed by atoms with E-state index in [0.717, 1.165) is 23.9 Å². The van der Waals surface area contributed by atoms with Gasteiger partial charge in [0, 0.05) is 0 Å². The van der Waals surface area contributed by atoms with Gasteiger partial charge in [0.15, 0.2) is 6.10 Å². The molecular formula is C16H21N3O2. The Labute approximate surface area is 123 Å². The monoisotopic (exact) mass is 287 g/mol. The van der Waals surface area contributed by atoms with Gasteiger partial charge in [0.05, 0.1) is 0 Å². The van der Waals surface area contributed by atoms with Gasteiger partial charge in [-0.05, 0) is 54.4 Å². The maximum absolute atomic E-state index is 11.0. The van der Waals surface area contributed by atoms with E-state index < -0.39 is 5.60 Å². The molecule has 3 unspecified atom stereocenters. The normalized spacial score (nSPS) is 37.2. The molecule has 0 saturated heterocycles. The van der Waals surface area contributed by atoms with E-state index in [1.807, 2.05) is 31.2 Å². The van der Waals surface area contributed by atoms with Gasteiger partial charge < -0.3 is 9.94 Å². The first-order valence-electron chi connectivity index (χ1n) is 7.60. The van der Waals surface area contributed by atoms with Crippen LogP contribution in [0.4, 0.5) is 0 Å². The molecule has 21 heavy (non-hydrogen) atoms. The summed E-state index contributed by atoms with van der Waals surface area (Å²) in [6, 6.07) is 7.69. The molecule has 1 heterocycles. The van der Waals surface area contributed by atoms with Crippen LogP contribution in [-0.4, -0.2) is 32.0 Å². The number of hydrogen-bond donors (Lipinski definition) is 1. The molecule has 2 aromatic rings. The minimum Gasteiger partial charge on any atom is -0.389 e. The predicted molar refractivity (Wildman–Crippen MR) is 78.5 cm³/mol. The van der Waals surface area contributed by atoms with Crippen molar-refractivity contribution in [3.05, 3.63) is 24.3 Å².